The summed E-state index contributed by atoms with van der Waals surface area (Å²) in [5.74, 6) is 1.53. The van der Waals surface area contributed by atoms with Crippen molar-refractivity contribution < 1.29 is 22.1 Å². The normalized spacial score (nSPS) is 15.8. The van der Waals surface area contributed by atoms with E-state index in [4.69, 9.17) is 13.7 Å². The molecule has 3 aromatic rings. The van der Waals surface area contributed by atoms with E-state index in [9.17, 15) is 8.42 Å². The predicted octanol–water partition coefficient (Wildman–Crippen LogP) is 2.35. The Labute approximate surface area is 166 Å². The SMILES string of the molecule is Cc1cc(CSc2nnc(-c3cccc(S(=O)(=O)N4CCOCC4)c3)o2)no1. The molecule has 0 aliphatic carbocycles. The van der Waals surface area contributed by atoms with Crippen LogP contribution in [0.15, 0.2) is 49.4 Å². The first-order chi connectivity index (χ1) is 13.5. The van der Waals surface area contributed by atoms with Crippen LogP contribution in [0.1, 0.15) is 11.5 Å². The van der Waals surface area contributed by atoms with Crippen LogP contribution in [0.5, 0.6) is 0 Å². The largest absolute Gasteiger partial charge is 0.411 e. The zero-order valence-electron chi connectivity index (χ0n) is 15.1. The number of morpholine rings is 1. The van der Waals surface area contributed by atoms with E-state index in [2.05, 4.69) is 15.4 Å². The second kappa shape index (κ2) is 8.03. The van der Waals surface area contributed by atoms with Gasteiger partial charge in [0.05, 0.1) is 23.8 Å². The Morgan fingerprint density at radius 3 is 2.75 bits per heavy atom. The van der Waals surface area contributed by atoms with Crippen LogP contribution in [0, 0.1) is 6.92 Å². The molecule has 1 aromatic carbocycles. The average Bonchev–Trinajstić information content (AvgIpc) is 3.36. The summed E-state index contributed by atoms with van der Waals surface area (Å²) in [6.07, 6.45) is 0. The average molecular weight is 422 g/mol. The van der Waals surface area contributed by atoms with E-state index in [-0.39, 0.29) is 10.8 Å². The predicted molar refractivity (Wildman–Crippen MR) is 100 cm³/mol. The van der Waals surface area contributed by atoms with Gasteiger partial charge in [0, 0.05) is 30.5 Å². The van der Waals surface area contributed by atoms with Crippen LogP contribution in [0.25, 0.3) is 11.5 Å². The van der Waals surface area contributed by atoms with Crippen LogP contribution in [0.3, 0.4) is 0 Å². The Balaban J connectivity index is 1.50. The highest BCUT2D eigenvalue weighted by Crippen LogP contribution is 2.27. The van der Waals surface area contributed by atoms with E-state index in [0.29, 0.717) is 42.8 Å². The molecule has 148 valence electrons. The number of aromatic nitrogens is 3. The summed E-state index contributed by atoms with van der Waals surface area (Å²) in [6.45, 7) is 3.30. The van der Waals surface area contributed by atoms with E-state index in [1.165, 1.54) is 16.1 Å². The Kier molecular flexibility index (Phi) is 5.49. The zero-order valence-corrected chi connectivity index (χ0v) is 16.7. The minimum Gasteiger partial charge on any atom is -0.411 e. The highest BCUT2D eigenvalue weighted by atomic mass is 32.2. The summed E-state index contributed by atoms with van der Waals surface area (Å²) in [5.41, 5.74) is 1.33. The molecular weight excluding hydrogens is 404 g/mol. The number of nitrogens with zero attached hydrogens (tertiary/aromatic N) is 4. The molecule has 11 heteroatoms. The number of benzene rings is 1. The van der Waals surface area contributed by atoms with Crippen molar-refractivity contribution >= 4 is 21.8 Å². The van der Waals surface area contributed by atoms with Crippen LogP contribution in [-0.2, 0) is 20.5 Å². The lowest BCUT2D eigenvalue weighted by Crippen LogP contribution is -2.40. The summed E-state index contributed by atoms with van der Waals surface area (Å²) in [7, 11) is -3.59. The molecule has 2 aromatic heterocycles. The molecule has 0 amide bonds. The van der Waals surface area contributed by atoms with Crippen molar-refractivity contribution in [3.8, 4) is 11.5 Å². The van der Waals surface area contributed by atoms with Crippen molar-refractivity contribution in [1.29, 1.82) is 0 Å². The number of sulfonamides is 1. The van der Waals surface area contributed by atoms with Crippen molar-refractivity contribution in [3.05, 3.63) is 41.8 Å². The Morgan fingerprint density at radius 2 is 2.00 bits per heavy atom. The van der Waals surface area contributed by atoms with Gasteiger partial charge in [-0.15, -0.1) is 10.2 Å². The Hall–Kier alpha value is -2.21. The molecule has 1 aliphatic rings. The van der Waals surface area contributed by atoms with Gasteiger partial charge in [-0.05, 0) is 25.1 Å². The lowest BCUT2D eigenvalue weighted by molar-refractivity contribution is 0.0730. The monoisotopic (exact) mass is 422 g/mol. The lowest BCUT2D eigenvalue weighted by atomic mass is 10.2. The van der Waals surface area contributed by atoms with Crippen molar-refractivity contribution in [2.75, 3.05) is 26.3 Å². The van der Waals surface area contributed by atoms with Gasteiger partial charge in [0.1, 0.15) is 5.76 Å². The van der Waals surface area contributed by atoms with Crippen LogP contribution < -0.4 is 0 Å². The maximum absolute atomic E-state index is 12.8. The van der Waals surface area contributed by atoms with Crippen LogP contribution in [0.2, 0.25) is 0 Å². The first-order valence-corrected chi connectivity index (χ1v) is 11.0. The third-order valence-corrected chi connectivity index (χ3v) is 6.86. The van der Waals surface area contributed by atoms with Gasteiger partial charge >= 0.3 is 0 Å². The standard InChI is InChI=1S/C17H18N4O5S2/c1-12-9-14(20-26-12)11-27-17-19-18-16(25-17)13-3-2-4-15(10-13)28(22,23)21-5-7-24-8-6-21/h2-4,9-10H,5-8,11H2,1H3. The summed E-state index contributed by atoms with van der Waals surface area (Å²) in [5, 5.41) is 12.3. The van der Waals surface area contributed by atoms with Crippen molar-refractivity contribution in [3.63, 3.8) is 0 Å². The van der Waals surface area contributed by atoms with E-state index in [1.807, 2.05) is 13.0 Å². The Morgan fingerprint density at radius 1 is 1.18 bits per heavy atom. The fraction of sp³-hybridized carbons (Fsp3) is 0.353. The molecule has 0 radical (unpaired) electrons. The summed E-state index contributed by atoms with van der Waals surface area (Å²) in [6, 6.07) is 8.35. The number of aryl methyl sites for hydroxylation is 1. The number of hydrogen-bond donors (Lipinski definition) is 0. The fourth-order valence-electron chi connectivity index (χ4n) is 2.73. The molecular formula is C17H18N4O5S2. The molecule has 0 saturated carbocycles. The zero-order chi connectivity index (χ0) is 19.6. The quantitative estimate of drug-likeness (QED) is 0.553. The van der Waals surface area contributed by atoms with Crippen molar-refractivity contribution in [1.82, 2.24) is 19.7 Å². The van der Waals surface area contributed by atoms with Crippen LogP contribution in [0.4, 0.5) is 0 Å². The number of ether oxygens (including phenoxy) is 1. The third kappa shape index (κ3) is 4.12. The summed E-state index contributed by atoms with van der Waals surface area (Å²) in [4.78, 5) is 0.192. The number of rotatable bonds is 6. The van der Waals surface area contributed by atoms with Gasteiger partial charge in [-0.3, -0.25) is 0 Å². The van der Waals surface area contributed by atoms with Gasteiger partial charge in [0.25, 0.3) is 5.22 Å². The van der Waals surface area contributed by atoms with Crippen molar-refractivity contribution in [2.24, 2.45) is 0 Å². The first kappa shape index (κ1) is 19.1. The van der Waals surface area contributed by atoms with Crippen molar-refractivity contribution in [2.45, 2.75) is 22.8 Å². The fourth-order valence-corrected chi connectivity index (χ4v) is 4.83. The molecule has 0 N–H and O–H groups in total. The smallest absolute Gasteiger partial charge is 0.277 e. The lowest BCUT2D eigenvalue weighted by Gasteiger charge is -2.26. The molecule has 9 nitrogen and oxygen atoms in total. The van der Waals surface area contributed by atoms with Gasteiger partial charge in [-0.2, -0.15) is 4.31 Å². The second-order valence-corrected chi connectivity index (χ2v) is 9.00. The van der Waals surface area contributed by atoms with Gasteiger partial charge in [-0.25, -0.2) is 8.42 Å². The topological polar surface area (TPSA) is 112 Å². The second-order valence-electron chi connectivity index (χ2n) is 6.13. The minimum atomic E-state index is -3.59. The molecule has 0 spiro atoms. The Bertz CT molecular complexity index is 1060. The molecule has 0 atom stereocenters. The first-order valence-electron chi connectivity index (χ1n) is 8.59. The van der Waals surface area contributed by atoms with Gasteiger partial charge in [0.15, 0.2) is 0 Å². The molecule has 0 bridgehead atoms. The van der Waals surface area contributed by atoms with Crippen LogP contribution >= 0.6 is 11.8 Å². The molecule has 4 rings (SSSR count). The highest BCUT2D eigenvalue weighted by molar-refractivity contribution is 7.98. The summed E-state index contributed by atoms with van der Waals surface area (Å²) >= 11 is 1.33. The minimum absolute atomic E-state index is 0.192. The molecule has 1 fully saturated rings. The van der Waals surface area contributed by atoms with E-state index in [1.54, 1.807) is 24.3 Å². The highest BCUT2D eigenvalue weighted by Gasteiger charge is 2.26. The van der Waals surface area contributed by atoms with E-state index in [0.717, 1.165) is 11.5 Å². The maximum atomic E-state index is 12.8. The number of thioether (sulfide) groups is 1. The molecule has 28 heavy (non-hydrogen) atoms. The third-order valence-electron chi connectivity index (χ3n) is 4.12. The van der Waals surface area contributed by atoms with E-state index >= 15 is 0 Å². The van der Waals surface area contributed by atoms with E-state index < -0.39 is 10.0 Å². The molecule has 1 saturated heterocycles. The van der Waals surface area contributed by atoms with Gasteiger partial charge < -0.3 is 13.7 Å². The van der Waals surface area contributed by atoms with Gasteiger partial charge in [-0.1, -0.05) is 23.0 Å². The number of hydrogen-bond acceptors (Lipinski definition) is 9. The van der Waals surface area contributed by atoms with Crippen LogP contribution in [-0.4, -0.2) is 54.4 Å². The molecule has 1 aliphatic heterocycles. The molecule has 0 unspecified atom stereocenters. The summed E-state index contributed by atoms with van der Waals surface area (Å²) < 4.78 is 43.0. The van der Waals surface area contributed by atoms with Gasteiger partial charge in [0.2, 0.25) is 15.9 Å². The maximum Gasteiger partial charge on any atom is 0.277 e. The molecule has 3 heterocycles.